The van der Waals surface area contributed by atoms with Crippen molar-refractivity contribution in [2.24, 2.45) is 0 Å². The summed E-state index contributed by atoms with van der Waals surface area (Å²) in [6, 6.07) is 10.3. The molecule has 0 atom stereocenters. The molecule has 0 saturated carbocycles. The third-order valence-electron chi connectivity index (χ3n) is 2.82. The number of hydrogen-bond acceptors (Lipinski definition) is 4. The number of nitrogen functional groups attached to an aromatic ring is 1. The molecule has 2 aromatic rings. The molecule has 3 rings (SSSR count). The fourth-order valence-electron chi connectivity index (χ4n) is 2.09. The Bertz CT molecular complexity index is 529. The maximum absolute atomic E-state index is 5.60. The van der Waals surface area contributed by atoms with Crippen LogP contribution in [0.2, 0.25) is 0 Å². The number of para-hydroxylation sites is 1. The van der Waals surface area contributed by atoms with Gasteiger partial charge in [-0.15, -0.1) is 12.4 Å². The highest BCUT2D eigenvalue weighted by Gasteiger charge is 2.20. The zero-order chi connectivity index (χ0) is 11.0. The average molecular weight is 249 g/mol. The van der Waals surface area contributed by atoms with Crippen LogP contribution in [0.1, 0.15) is 5.56 Å². The molecule has 2 N–H and O–H groups in total. The molecule has 1 aliphatic rings. The predicted molar refractivity (Wildman–Crippen MR) is 70.8 cm³/mol. The van der Waals surface area contributed by atoms with Gasteiger partial charge in [0.1, 0.15) is 5.82 Å². The van der Waals surface area contributed by atoms with Crippen molar-refractivity contribution < 1.29 is 0 Å². The van der Waals surface area contributed by atoms with Gasteiger partial charge in [0, 0.05) is 18.4 Å². The fourth-order valence-corrected chi connectivity index (χ4v) is 2.09. The number of rotatable bonds is 1. The summed E-state index contributed by atoms with van der Waals surface area (Å²) in [6.07, 6.45) is 2.75. The van der Waals surface area contributed by atoms with E-state index in [1.807, 2.05) is 12.1 Å². The van der Waals surface area contributed by atoms with Crippen LogP contribution in [0.15, 0.2) is 36.5 Å². The summed E-state index contributed by atoms with van der Waals surface area (Å²) >= 11 is 0. The number of nitrogens with two attached hydrogens (primary N) is 1. The topological polar surface area (TPSA) is 55.0 Å². The van der Waals surface area contributed by atoms with Crippen LogP contribution in [0.5, 0.6) is 0 Å². The number of hydrogen-bond donors (Lipinski definition) is 1. The van der Waals surface area contributed by atoms with E-state index >= 15 is 0 Å². The summed E-state index contributed by atoms with van der Waals surface area (Å²) in [4.78, 5) is 10.3. The number of anilines is 3. The van der Waals surface area contributed by atoms with Crippen LogP contribution >= 0.6 is 12.4 Å². The third-order valence-corrected chi connectivity index (χ3v) is 2.82. The Morgan fingerprint density at radius 2 is 2.00 bits per heavy atom. The van der Waals surface area contributed by atoms with Crippen LogP contribution in [-0.4, -0.2) is 16.5 Å². The van der Waals surface area contributed by atoms with Crippen LogP contribution in [0.3, 0.4) is 0 Å². The van der Waals surface area contributed by atoms with E-state index in [2.05, 4.69) is 33.1 Å². The highest BCUT2D eigenvalue weighted by molar-refractivity contribution is 5.85. The van der Waals surface area contributed by atoms with E-state index in [4.69, 9.17) is 5.73 Å². The van der Waals surface area contributed by atoms with Gasteiger partial charge in [0.2, 0.25) is 5.95 Å². The number of nitrogens with zero attached hydrogens (tertiary/aromatic N) is 3. The molecule has 0 fully saturated rings. The molecule has 0 radical (unpaired) electrons. The average Bonchev–Trinajstić information content (AvgIpc) is 2.72. The van der Waals surface area contributed by atoms with Crippen molar-refractivity contribution in [3.8, 4) is 0 Å². The van der Waals surface area contributed by atoms with Crippen molar-refractivity contribution in [3.05, 3.63) is 42.1 Å². The molecule has 0 amide bonds. The molecule has 0 bridgehead atoms. The van der Waals surface area contributed by atoms with Crippen LogP contribution in [-0.2, 0) is 6.42 Å². The van der Waals surface area contributed by atoms with E-state index < -0.39 is 0 Å². The lowest BCUT2D eigenvalue weighted by Gasteiger charge is -2.17. The molecule has 0 spiro atoms. The molecule has 5 heteroatoms. The molecule has 0 aliphatic carbocycles. The van der Waals surface area contributed by atoms with E-state index in [0.717, 1.165) is 18.8 Å². The second kappa shape index (κ2) is 4.59. The van der Waals surface area contributed by atoms with E-state index in [-0.39, 0.29) is 12.4 Å². The maximum atomic E-state index is 5.60. The highest BCUT2D eigenvalue weighted by Crippen LogP contribution is 2.32. The lowest BCUT2D eigenvalue weighted by molar-refractivity contribution is 0.968. The van der Waals surface area contributed by atoms with Crippen LogP contribution in [0, 0.1) is 0 Å². The summed E-state index contributed by atoms with van der Waals surface area (Å²) < 4.78 is 0. The van der Waals surface area contributed by atoms with Gasteiger partial charge in [0.15, 0.2) is 0 Å². The van der Waals surface area contributed by atoms with Crippen LogP contribution < -0.4 is 10.6 Å². The van der Waals surface area contributed by atoms with Crippen molar-refractivity contribution in [2.75, 3.05) is 17.2 Å². The van der Waals surface area contributed by atoms with E-state index in [0.29, 0.717) is 5.95 Å². The van der Waals surface area contributed by atoms with Gasteiger partial charge in [-0.25, -0.2) is 4.98 Å². The first-order valence-corrected chi connectivity index (χ1v) is 5.28. The SMILES string of the molecule is Cl.Nc1nccc(N2CCc3ccccc32)n1. The lowest BCUT2D eigenvalue weighted by Crippen LogP contribution is -2.15. The highest BCUT2D eigenvalue weighted by atomic mass is 35.5. The van der Waals surface area contributed by atoms with Gasteiger partial charge in [0.05, 0.1) is 0 Å². The summed E-state index contributed by atoms with van der Waals surface area (Å²) in [5.74, 6) is 1.19. The van der Waals surface area contributed by atoms with E-state index in [1.165, 1.54) is 11.3 Å². The molecular formula is C12H13ClN4. The van der Waals surface area contributed by atoms with Gasteiger partial charge >= 0.3 is 0 Å². The Balaban J connectivity index is 0.00000108. The fraction of sp³-hybridized carbons (Fsp3) is 0.167. The molecule has 1 aromatic heterocycles. The minimum Gasteiger partial charge on any atom is -0.368 e. The second-order valence-corrected chi connectivity index (χ2v) is 3.80. The molecule has 4 nitrogen and oxygen atoms in total. The number of benzene rings is 1. The van der Waals surface area contributed by atoms with Gasteiger partial charge in [-0.1, -0.05) is 18.2 Å². The first kappa shape index (κ1) is 11.7. The normalized spacial score (nSPS) is 13.1. The van der Waals surface area contributed by atoms with Gasteiger partial charge < -0.3 is 10.6 Å². The summed E-state index contributed by atoms with van der Waals surface area (Å²) in [6.45, 7) is 0.954. The number of halogens is 1. The Morgan fingerprint density at radius 3 is 2.82 bits per heavy atom. The second-order valence-electron chi connectivity index (χ2n) is 3.80. The number of fused-ring (bicyclic) bond motifs is 1. The smallest absolute Gasteiger partial charge is 0.221 e. The maximum Gasteiger partial charge on any atom is 0.221 e. The molecule has 1 aliphatic heterocycles. The Hall–Kier alpha value is -1.81. The van der Waals surface area contributed by atoms with Gasteiger partial charge in [-0.3, -0.25) is 0 Å². The first-order chi connectivity index (χ1) is 7.84. The zero-order valence-corrected chi connectivity index (χ0v) is 10.0. The van der Waals surface area contributed by atoms with Crippen molar-refractivity contribution in [1.29, 1.82) is 0 Å². The van der Waals surface area contributed by atoms with Gasteiger partial charge in [-0.2, -0.15) is 4.98 Å². The molecule has 0 unspecified atom stereocenters. The Kier molecular flexibility index (Phi) is 3.15. The third kappa shape index (κ3) is 2.03. The Labute approximate surface area is 106 Å². The Morgan fingerprint density at radius 1 is 1.18 bits per heavy atom. The monoisotopic (exact) mass is 248 g/mol. The number of aromatic nitrogens is 2. The minimum atomic E-state index is 0. The standard InChI is InChI=1S/C12H12N4.ClH/c13-12-14-7-5-11(15-12)16-8-6-9-3-1-2-4-10(9)16;/h1-5,7H,6,8H2,(H2,13,14,15);1H. The quantitative estimate of drug-likeness (QED) is 0.841. The lowest BCUT2D eigenvalue weighted by atomic mass is 10.2. The molecular weight excluding hydrogens is 236 g/mol. The van der Waals surface area contributed by atoms with Crippen molar-refractivity contribution in [1.82, 2.24) is 9.97 Å². The van der Waals surface area contributed by atoms with Crippen LogP contribution in [0.25, 0.3) is 0 Å². The van der Waals surface area contributed by atoms with E-state index in [1.54, 1.807) is 6.20 Å². The van der Waals surface area contributed by atoms with Crippen molar-refractivity contribution in [2.45, 2.75) is 6.42 Å². The summed E-state index contributed by atoms with van der Waals surface area (Å²) in [5.41, 5.74) is 8.18. The molecule has 2 heterocycles. The first-order valence-electron chi connectivity index (χ1n) is 5.28. The summed E-state index contributed by atoms with van der Waals surface area (Å²) in [7, 11) is 0. The zero-order valence-electron chi connectivity index (χ0n) is 9.21. The van der Waals surface area contributed by atoms with Gasteiger partial charge in [-0.05, 0) is 24.1 Å². The van der Waals surface area contributed by atoms with Crippen molar-refractivity contribution in [3.63, 3.8) is 0 Å². The molecule has 88 valence electrons. The van der Waals surface area contributed by atoms with Gasteiger partial charge in [0.25, 0.3) is 0 Å². The molecule has 0 saturated heterocycles. The van der Waals surface area contributed by atoms with Crippen LogP contribution in [0.4, 0.5) is 17.5 Å². The molecule has 17 heavy (non-hydrogen) atoms. The summed E-state index contributed by atoms with van der Waals surface area (Å²) in [5, 5.41) is 0. The van der Waals surface area contributed by atoms with E-state index in [9.17, 15) is 0 Å². The largest absolute Gasteiger partial charge is 0.368 e. The minimum absolute atomic E-state index is 0. The molecule has 1 aromatic carbocycles. The van der Waals surface area contributed by atoms with Crippen molar-refractivity contribution >= 4 is 29.9 Å². The predicted octanol–water partition coefficient (Wildman–Crippen LogP) is 2.17.